The van der Waals surface area contributed by atoms with Gasteiger partial charge in [-0.1, -0.05) is 23.7 Å². The van der Waals surface area contributed by atoms with Gasteiger partial charge >= 0.3 is 0 Å². The number of benzene rings is 1. The summed E-state index contributed by atoms with van der Waals surface area (Å²) in [4.78, 5) is 0. The molecule has 1 atom stereocenters. The van der Waals surface area contributed by atoms with Crippen LogP contribution in [0, 0.1) is 0 Å². The molecule has 0 N–H and O–H groups in total. The lowest BCUT2D eigenvalue weighted by atomic mass is 10.3. The Morgan fingerprint density at radius 2 is 2.23 bits per heavy atom. The van der Waals surface area contributed by atoms with E-state index in [4.69, 9.17) is 21.1 Å². The zero-order valence-electron chi connectivity index (χ0n) is 7.20. The zero-order chi connectivity index (χ0) is 9.10. The summed E-state index contributed by atoms with van der Waals surface area (Å²) in [5.41, 5.74) is 0. The van der Waals surface area contributed by atoms with Gasteiger partial charge in [0.05, 0.1) is 18.2 Å². The van der Waals surface area contributed by atoms with Crippen molar-refractivity contribution in [3.63, 3.8) is 0 Å². The van der Waals surface area contributed by atoms with Gasteiger partial charge in [-0.25, -0.2) is 0 Å². The van der Waals surface area contributed by atoms with Gasteiger partial charge in [-0.2, -0.15) is 0 Å². The summed E-state index contributed by atoms with van der Waals surface area (Å²) in [6, 6.07) is 7.50. The van der Waals surface area contributed by atoms with Gasteiger partial charge in [0.1, 0.15) is 11.9 Å². The van der Waals surface area contributed by atoms with E-state index in [-0.39, 0.29) is 6.10 Å². The van der Waals surface area contributed by atoms with Crippen molar-refractivity contribution in [1.29, 1.82) is 0 Å². The van der Waals surface area contributed by atoms with Crippen molar-refractivity contribution in [3.8, 4) is 5.75 Å². The largest absolute Gasteiger partial charge is 0.486 e. The normalized spacial score (nSPS) is 21.8. The lowest BCUT2D eigenvalue weighted by Crippen LogP contribution is -2.15. The van der Waals surface area contributed by atoms with Gasteiger partial charge in [0, 0.05) is 6.42 Å². The second-order valence-electron chi connectivity index (χ2n) is 3.03. The van der Waals surface area contributed by atoms with E-state index in [2.05, 4.69) is 0 Å². The first-order valence-corrected chi connectivity index (χ1v) is 4.73. The predicted molar refractivity (Wildman–Crippen MR) is 51.3 cm³/mol. The molecule has 1 saturated heterocycles. The highest BCUT2D eigenvalue weighted by Gasteiger charge is 2.17. The molecule has 1 aliphatic rings. The number of halogens is 1. The van der Waals surface area contributed by atoms with Crippen molar-refractivity contribution in [2.24, 2.45) is 0 Å². The highest BCUT2D eigenvalue weighted by molar-refractivity contribution is 6.32. The topological polar surface area (TPSA) is 18.5 Å². The summed E-state index contributed by atoms with van der Waals surface area (Å²) in [7, 11) is 0. The molecular weight excluding hydrogens is 188 g/mol. The van der Waals surface area contributed by atoms with Crippen LogP contribution in [0.1, 0.15) is 6.42 Å². The Hall–Kier alpha value is -0.730. The average molecular weight is 199 g/mol. The Morgan fingerprint density at radius 3 is 2.92 bits per heavy atom. The lowest BCUT2D eigenvalue weighted by Gasteiger charge is -2.12. The van der Waals surface area contributed by atoms with Crippen molar-refractivity contribution >= 4 is 11.6 Å². The van der Waals surface area contributed by atoms with Crippen molar-refractivity contribution in [2.45, 2.75) is 12.5 Å². The third-order valence-electron chi connectivity index (χ3n) is 2.02. The van der Waals surface area contributed by atoms with E-state index in [1.165, 1.54) is 0 Å². The second-order valence-corrected chi connectivity index (χ2v) is 3.44. The first-order valence-electron chi connectivity index (χ1n) is 4.35. The molecule has 0 aliphatic carbocycles. The maximum atomic E-state index is 5.94. The van der Waals surface area contributed by atoms with Crippen LogP contribution in [0.5, 0.6) is 5.75 Å². The van der Waals surface area contributed by atoms with Gasteiger partial charge in [-0.15, -0.1) is 0 Å². The minimum Gasteiger partial charge on any atom is -0.486 e. The number of rotatable bonds is 2. The van der Waals surface area contributed by atoms with Gasteiger partial charge < -0.3 is 9.47 Å². The third-order valence-corrected chi connectivity index (χ3v) is 2.33. The van der Waals surface area contributed by atoms with Crippen molar-refractivity contribution in [3.05, 3.63) is 29.3 Å². The molecule has 1 aromatic rings. The van der Waals surface area contributed by atoms with E-state index in [0.717, 1.165) is 18.8 Å². The number of hydrogen-bond donors (Lipinski definition) is 0. The Bertz CT molecular complexity index is 282. The molecule has 1 aliphatic heterocycles. The summed E-state index contributed by atoms with van der Waals surface area (Å²) >= 11 is 5.94. The van der Waals surface area contributed by atoms with Crippen LogP contribution in [0.2, 0.25) is 5.02 Å². The van der Waals surface area contributed by atoms with E-state index in [1.807, 2.05) is 24.3 Å². The predicted octanol–water partition coefficient (Wildman–Crippen LogP) is 2.51. The van der Waals surface area contributed by atoms with E-state index in [1.54, 1.807) is 0 Å². The standard InChI is InChI=1S/C10H11ClO2/c11-9-3-1-2-4-10(9)13-8-5-6-12-7-8/h1-4,8H,5-7H2. The molecular formula is C10H11ClO2. The highest BCUT2D eigenvalue weighted by Crippen LogP contribution is 2.25. The van der Waals surface area contributed by atoms with E-state index >= 15 is 0 Å². The molecule has 2 rings (SSSR count). The van der Waals surface area contributed by atoms with Gasteiger partial charge in [0.2, 0.25) is 0 Å². The van der Waals surface area contributed by atoms with E-state index in [9.17, 15) is 0 Å². The molecule has 13 heavy (non-hydrogen) atoms. The van der Waals surface area contributed by atoms with Gasteiger partial charge in [-0.05, 0) is 12.1 Å². The fourth-order valence-corrected chi connectivity index (χ4v) is 1.51. The lowest BCUT2D eigenvalue weighted by molar-refractivity contribution is 0.141. The Labute approximate surface area is 82.4 Å². The van der Waals surface area contributed by atoms with Crippen molar-refractivity contribution < 1.29 is 9.47 Å². The highest BCUT2D eigenvalue weighted by atomic mass is 35.5. The second kappa shape index (κ2) is 3.99. The molecule has 0 radical (unpaired) electrons. The third kappa shape index (κ3) is 2.14. The molecule has 0 saturated carbocycles. The van der Waals surface area contributed by atoms with Crippen LogP contribution in [0.3, 0.4) is 0 Å². The monoisotopic (exact) mass is 198 g/mol. The minimum atomic E-state index is 0.167. The Kier molecular flexibility index (Phi) is 2.71. The molecule has 70 valence electrons. The van der Waals surface area contributed by atoms with E-state index < -0.39 is 0 Å². The van der Waals surface area contributed by atoms with Crippen LogP contribution in [0.15, 0.2) is 24.3 Å². The molecule has 0 bridgehead atoms. The van der Waals surface area contributed by atoms with Gasteiger partial charge in [-0.3, -0.25) is 0 Å². The number of ether oxygens (including phenoxy) is 2. The molecule has 0 spiro atoms. The van der Waals surface area contributed by atoms with Gasteiger partial charge in [0.25, 0.3) is 0 Å². The first kappa shape index (κ1) is 8.85. The average Bonchev–Trinajstić information content (AvgIpc) is 2.61. The van der Waals surface area contributed by atoms with Crippen LogP contribution < -0.4 is 4.74 Å². The van der Waals surface area contributed by atoms with E-state index in [0.29, 0.717) is 11.6 Å². The molecule has 1 heterocycles. The molecule has 2 nitrogen and oxygen atoms in total. The fraction of sp³-hybridized carbons (Fsp3) is 0.400. The van der Waals surface area contributed by atoms with Gasteiger partial charge in [0.15, 0.2) is 0 Å². The molecule has 0 aromatic heterocycles. The van der Waals surface area contributed by atoms with Crippen LogP contribution >= 0.6 is 11.6 Å². The Morgan fingerprint density at radius 1 is 1.38 bits per heavy atom. The fourth-order valence-electron chi connectivity index (χ4n) is 1.33. The van der Waals surface area contributed by atoms with Crippen molar-refractivity contribution in [2.75, 3.05) is 13.2 Å². The number of para-hydroxylation sites is 1. The van der Waals surface area contributed by atoms with Crippen LogP contribution in [-0.2, 0) is 4.74 Å². The summed E-state index contributed by atoms with van der Waals surface area (Å²) in [6.07, 6.45) is 1.12. The summed E-state index contributed by atoms with van der Waals surface area (Å²) < 4.78 is 10.9. The Balaban J connectivity index is 2.04. The SMILES string of the molecule is Clc1ccccc1OC1CCOC1. The van der Waals surface area contributed by atoms with Crippen LogP contribution in [0.25, 0.3) is 0 Å². The summed E-state index contributed by atoms with van der Waals surface area (Å²) in [5.74, 6) is 0.750. The molecule has 3 heteroatoms. The molecule has 1 aromatic carbocycles. The van der Waals surface area contributed by atoms with Crippen molar-refractivity contribution in [1.82, 2.24) is 0 Å². The molecule has 1 unspecified atom stereocenters. The van der Waals surface area contributed by atoms with Crippen LogP contribution in [0.4, 0.5) is 0 Å². The summed E-state index contributed by atoms with van der Waals surface area (Å²) in [5, 5.41) is 0.661. The zero-order valence-corrected chi connectivity index (χ0v) is 7.96. The quantitative estimate of drug-likeness (QED) is 0.727. The molecule has 0 amide bonds. The van der Waals surface area contributed by atoms with Crippen LogP contribution in [-0.4, -0.2) is 19.3 Å². The summed E-state index contributed by atoms with van der Waals surface area (Å²) in [6.45, 7) is 1.46. The minimum absolute atomic E-state index is 0.167. The first-order chi connectivity index (χ1) is 6.36. The maximum absolute atomic E-state index is 5.94. The molecule has 1 fully saturated rings. The smallest absolute Gasteiger partial charge is 0.138 e. The maximum Gasteiger partial charge on any atom is 0.138 e. The number of hydrogen-bond acceptors (Lipinski definition) is 2.